The zero-order valence-corrected chi connectivity index (χ0v) is 25.4. The molecule has 2 aliphatic rings. The normalized spacial score (nSPS) is 20.5. The Kier molecular flexibility index (Phi) is 7.38. The van der Waals surface area contributed by atoms with Gasteiger partial charge in [0.15, 0.2) is 0 Å². The number of halogens is 5. The molecule has 0 radical (unpaired) electrons. The van der Waals surface area contributed by atoms with Crippen LogP contribution in [-0.2, 0) is 11.0 Å². The molecule has 1 saturated heterocycles. The number of thioether (sulfide) groups is 1. The van der Waals surface area contributed by atoms with Gasteiger partial charge in [-0.15, -0.1) is 11.8 Å². The van der Waals surface area contributed by atoms with E-state index < -0.39 is 51.1 Å². The fourth-order valence-electron chi connectivity index (χ4n) is 6.43. The van der Waals surface area contributed by atoms with Gasteiger partial charge >= 0.3 is 16.7 Å². The number of piperazine rings is 1. The number of hydrogen-bond acceptors (Lipinski definition) is 7. The summed E-state index contributed by atoms with van der Waals surface area (Å²) in [6, 6.07) is 0.158. The number of carbonyl (C=O) groups is 1. The Hall–Kier alpha value is -3.72. The smallest absolute Gasteiger partial charge is 0.352 e. The highest BCUT2D eigenvalue weighted by atomic mass is 32.2. The van der Waals surface area contributed by atoms with Crippen molar-refractivity contribution in [3.63, 3.8) is 0 Å². The van der Waals surface area contributed by atoms with Gasteiger partial charge in [-0.2, -0.15) is 18.2 Å². The monoisotopic (exact) mass is 651 g/mol. The number of fused-ring (bicyclic) bond motifs is 1. The van der Waals surface area contributed by atoms with E-state index in [0.717, 1.165) is 17.8 Å². The molecule has 15 heteroatoms. The van der Waals surface area contributed by atoms with Gasteiger partial charge in [0.25, 0.3) is 0 Å². The highest BCUT2D eigenvalue weighted by Crippen LogP contribution is 2.52. The standard InChI is InChI=1S/C29H26F5N5O3S2/c1-5-14-11-43-25-20(21-17(30)8-18(31)24-22(21)35-28(42)44-24)16(29(32,33)34)7-15-23(25)39(14)27(41)36-26(15)37-9-12(3)38(13(4)10-37)19(40)6-2/h6-8,12-14H,2,5,9-11H2,1,3-4H3,(H,35,42)/t12-,13+,14-/m0/s1. The molecule has 4 heterocycles. The first-order chi connectivity index (χ1) is 20.8. The molecule has 1 N–H and O–H groups in total. The van der Waals surface area contributed by atoms with Gasteiger partial charge in [0.05, 0.1) is 21.3 Å². The molecule has 2 aliphatic heterocycles. The second-order valence-electron chi connectivity index (χ2n) is 11.0. The number of hydrogen-bond donors (Lipinski definition) is 1. The van der Waals surface area contributed by atoms with Gasteiger partial charge in [0.2, 0.25) is 5.91 Å². The number of anilines is 1. The van der Waals surface area contributed by atoms with E-state index in [0.29, 0.717) is 23.8 Å². The lowest BCUT2D eigenvalue weighted by Gasteiger charge is -2.45. The molecule has 0 aliphatic carbocycles. The van der Waals surface area contributed by atoms with Crippen molar-refractivity contribution in [1.29, 1.82) is 0 Å². The Balaban J connectivity index is 1.71. The minimum atomic E-state index is -5.01. The molecule has 232 valence electrons. The second kappa shape index (κ2) is 10.7. The summed E-state index contributed by atoms with van der Waals surface area (Å²) in [5.41, 5.74) is -3.28. The molecule has 0 saturated carbocycles. The molecular formula is C29H26F5N5O3S2. The predicted molar refractivity (Wildman–Crippen MR) is 161 cm³/mol. The molecule has 0 spiro atoms. The van der Waals surface area contributed by atoms with Crippen LogP contribution in [0.3, 0.4) is 0 Å². The molecule has 2 aromatic carbocycles. The van der Waals surface area contributed by atoms with Crippen LogP contribution in [0.4, 0.5) is 27.8 Å². The van der Waals surface area contributed by atoms with Crippen molar-refractivity contribution in [2.75, 3.05) is 23.7 Å². The lowest BCUT2D eigenvalue weighted by atomic mass is 9.94. The number of nitrogens with one attached hydrogen (secondary N) is 1. The maximum absolute atomic E-state index is 15.6. The summed E-state index contributed by atoms with van der Waals surface area (Å²) in [6.45, 7) is 9.32. The summed E-state index contributed by atoms with van der Waals surface area (Å²) in [6.07, 6.45) is -3.34. The molecule has 6 rings (SSSR count). The zero-order chi connectivity index (χ0) is 31.8. The minimum Gasteiger partial charge on any atom is -0.352 e. The van der Waals surface area contributed by atoms with Gasteiger partial charge in [0.1, 0.15) is 17.5 Å². The van der Waals surface area contributed by atoms with Crippen molar-refractivity contribution in [2.45, 2.75) is 56.4 Å². The number of nitrogens with zero attached hydrogens (tertiary/aromatic N) is 4. The summed E-state index contributed by atoms with van der Waals surface area (Å²) in [4.78, 5) is 47.5. The van der Waals surface area contributed by atoms with Crippen LogP contribution in [-0.4, -0.2) is 56.3 Å². The summed E-state index contributed by atoms with van der Waals surface area (Å²) >= 11 is 1.48. The number of aromatic nitrogens is 3. The first-order valence-electron chi connectivity index (χ1n) is 13.8. The molecule has 1 fully saturated rings. The van der Waals surface area contributed by atoms with Crippen LogP contribution in [0, 0.1) is 11.6 Å². The molecule has 3 atom stereocenters. The van der Waals surface area contributed by atoms with Gasteiger partial charge in [-0.3, -0.25) is 14.2 Å². The third-order valence-corrected chi connectivity index (χ3v) is 10.3. The van der Waals surface area contributed by atoms with Crippen LogP contribution in [0.15, 0.2) is 39.3 Å². The number of amides is 1. The number of alkyl halides is 3. The first-order valence-corrected chi connectivity index (χ1v) is 15.6. The van der Waals surface area contributed by atoms with E-state index in [2.05, 4.69) is 16.5 Å². The average molecular weight is 652 g/mol. The van der Waals surface area contributed by atoms with Gasteiger partial charge in [-0.25, -0.2) is 13.6 Å². The van der Waals surface area contributed by atoms with E-state index >= 15 is 4.39 Å². The fraction of sp³-hybridized carbons (Fsp3) is 0.379. The Morgan fingerprint density at radius 2 is 1.82 bits per heavy atom. The van der Waals surface area contributed by atoms with Crippen molar-refractivity contribution in [3.8, 4) is 11.1 Å². The van der Waals surface area contributed by atoms with Gasteiger partial charge in [-0.05, 0) is 32.4 Å². The lowest BCUT2D eigenvalue weighted by Crippen LogP contribution is -2.58. The lowest BCUT2D eigenvalue weighted by molar-refractivity contribution is -0.137. The molecule has 44 heavy (non-hydrogen) atoms. The number of benzene rings is 2. The van der Waals surface area contributed by atoms with Crippen molar-refractivity contribution in [1.82, 2.24) is 19.4 Å². The van der Waals surface area contributed by atoms with E-state index in [1.54, 1.807) is 23.6 Å². The van der Waals surface area contributed by atoms with Gasteiger partial charge in [-0.1, -0.05) is 24.8 Å². The number of H-pyrrole nitrogens is 1. The van der Waals surface area contributed by atoms with Gasteiger partial charge in [0, 0.05) is 64.4 Å². The van der Waals surface area contributed by atoms with Crippen LogP contribution in [0.1, 0.15) is 38.8 Å². The minimum absolute atomic E-state index is 0.0132. The van der Waals surface area contributed by atoms with Crippen molar-refractivity contribution >= 4 is 55.9 Å². The van der Waals surface area contributed by atoms with Crippen LogP contribution >= 0.6 is 23.1 Å². The number of rotatable bonds is 4. The molecule has 8 nitrogen and oxygen atoms in total. The highest BCUT2D eigenvalue weighted by Gasteiger charge is 2.41. The zero-order valence-electron chi connectivity index (χ0n) is 23.7. The van der Waals surface area contributed by atoms with Crippen LogP contribution in [0.25, 0.3) is 32.2 Å². The third kappa shape index (κ3) is 4.62. The molecule has 1 amide bonds. The average Bonchev–Trinajstić information content (AvgIpc) is 3.35. The van der Waals surface area contributed by atoms with Crippen molar-refractivity contribution < 1.29 is 26.7 Å². The molecular weight excluding hydrogens is 625 g/mol. The van der Waals surface area contributed by atoms with Gasteiger partial charge < -0.3 is 14.8 Å². The Labute approximate surface area is 255 Å². The van der Waals surface area contributed by atoms with E-state index in [-0.39, 0.29) is 68.7 Å². The number of aromatic amines is 1. The molecule has 0 unspecified atom stereocenters. The Bertz CT molecular complexity index is 1970. The SMILES string of the molecule is C=CC(=O)N1[C@H](C)CN(c2nc(=O)n3c4c(c(-c5c(F)cc(F)c6sc(=O)[nH]c56)c(C(F)(F)F)cc24)SC[C@@H]3CC)C[C@@H]1C. The predicted octanol–water partition coefficient (Wildman–Crippen LogP) is 5.93. The van der Waals surface area contributed by atoms with E-state index in [1.807, 2.05) is 6.92 Å². The third-order valence-electron chi connectivity index (χ3n) is 8.21. The first kappa shape index (κ1) is 30.3. The van der Waals surface area contributed by atoms with Crippen molar-refractivity contribution in [3.05, 3.63) is 62.1 Å². The summed E-state index contributed by atoms with van der Waals surface area (Å²) in [5, 5.41) is 0.0433. The summed E-state index contributed by atoms with van der Waals surface area (Å²) in [5.74, 6) is -2.42. The Morgan fingerprint density at radius 3 is 2.43 bits per heavy atom. The maximum atomic E-state index is 15.6. The largest absolute Gasteiger partial charge is 0.417 e. The number of carbonyl (C=O) groups excluding carboxylic acids is 1. The van der Waals surface area contributed by atoms with Crippen molar-refractivity contribution in [2.24, 2.45) is 0 Å². The fourth-order valence-corrected chi connectivity index (χ4v) is 8.62. The van der Waals surface area contributed by atoms with E-state index in [9.17, 15) is 31.9 Å². The quantitative estimate of drug-likeness (QED) is 0.217. The molecule has 4 aromatic rings. The van der Waals surface area contributed by atoms with E-state index in [1.165, 1.54) is 10.6 Å². The van der Waals surface area contributed by atoms with E-state index in [4.69, 9.17) is 0 Å². The second-order valence-corrected chi connectivity index (χ2v) is 13.0. The maximum Gasteiger partial charge on any atom is 0.417 e. The molecule has 0 bridgehead atoms. The van der Waals surface area contributed by atoms with Crippen LogP contribution in [0.2, 0.25) is 0 Å². The molecule has 2 aromatic heterocycles. The summed E-state index contributed by atoms with van der Waals surface area (Å²) < 4.78 is 76.3. The topological polar surface area (TPSA) is 91.3 Å². The Morgan fingerprint density at radius 1 is 1.14 bits per heavy atom. The van der Waals surface area contributed by atoms with Crippen LogP contribution in [0.5, 0.6) is 0 Å². The van der Waals surface area contributed by atoms with Crippen LogP contribution < -0.4 is 15.5 Å². The summed E-state index contributed by atoms with van der Waals surface area (Å²) in [7, 11) is 0. The number of thiazole rings is 1. The highest BCUT2D eigenvalue weighted by molar-refractivity contribution is 7.99.